The van der Waals surface area contributed by atoms with Gasteiger partial charge in [-0.1, -0.05) is 29.3 Å². The molecule has 0 saturated heterocycles. The van der Waals surface area contributed by atoms with Crippen molar-refractivity contribution in [3.8, 4) is 0 Å². The zero-order valence-corrected chi connectivity index (χ0v) is 7.75. The second kappa shape index (κ2) is 2.53. The molecular weight excluding hydrogens is 179 g/mol. The average molecular weight is 189 g/mol. The van der Waals surface area contributed by atoms with E-state index >= 15 is 0 Å². The zero-order valence-electron chi connectivity index (χ0n) is 6.24. The SMILES string of the molecule is ClC1(Cl)C=CC2=C1CCCC2. The highest BCUT2D eigenvalue weighted by Crippen LogP contribution is 2.45. The molecule has 0 atom stereocenters. The lowest BCUT2D eigenvalue weighted by atomic mass is 9.93. The molecule has 0 amide bonds. The fourth-order valence-corrected chi connectivity index (χ4v) is 2.36. The first-order chi connectivity index (χ1) is 5.20. The minimum absolute atomic E-state index is 0.671. The zero-order chi connectivity index (χ0) is 7.90. The standard InChI is InChI=1S/C9H10Cl2/c10-9(11)6-5-7-3-1-2-4-8(7)9/h5-6H,1-4H2. The van der Waals surface area contributed by atoms with E-state index in [1.54, 1.807) is 0 Å². The average Bonchev–Trinajstić information content (AvgIpc) is 2.29. The fraction of sp³-hybridized carbons (Fsp3) is 0.556. The summed E-state index contributed by atoms with van der Waals surface area (Å²) in [6, 6.07) is 0. The highest BCUT2D eigenvalue weighted by molar-refractivity contribution is 6.52. The molecule has 0 unspecified atom stereocenters. The second-order valence-corrected chi connectivity index (χ2v) is 4.55. The van der Waals surface area contributed by atoms with Crippen molar-refractivity contribution in [3.63, 3.8) is 0 Å². The van der Waals surface area contributed by atoms with Gasteiger partial charge in [0.1, 0.15) is 0 Å². The van der Waals surface area contributed by atoms with Crippen LogP contribution in [-0.4, -0.2) is 4.33 Å². The van der Waals surface area contributed by atoms with Crippen LogP contribution in [0.4, 0.5) is 0 Å². The molecular formula is C9H10Cl2. The number of alkyl halides is 2. The number of hydrogen-bond acceptors (Lipinski definition) is 0. The van der Waals surface area contributed by atoms with Crippen molar-refractivity contribution in [1.29, 1.82) is 0 Å². The Bertz CT molecular complexity index is 236. The number of rotatable bonds is 0. The lowest BCUT2D eigenvalue weighted by molar-refractivity contribution is 0.676. The quantitative estimate of drug-likeness (QED) is 0.510. The lowest BCUT2D eigenvalue weighted by Crippen LogP contribution is -2.12. The highest BCUT2D eigenvalue weighted by Gasteiger charge is 2.33. The molecule has 11 heavy (non-hydrogen) atoms. The Balaban J connectivity index is 2.35. The van der Waals surface area contributed by atoms with Crippen LogP contribution in [0, 0.1) is 0 Å². The van der Waals surface area contributed by atoms with Crippen molar-refractivity contribution >= 4 is 23.2 Å². The van der Waals surface area contributed by atoms with Gasteiger partial charge in [-0.05, 0) is 42.9 Å². The van der Waals surface area contributed by atoms with E-state index in [4.69, 9.17) is 23.2 Å². The summed E-state index contributed by atoms with van der Waals surface area (Å²) in [6.07, 6.45) is 8.73. The minimum Gasteiger partial charge on any atom is -0.0919 e. The van der Waals surface area contributed by atoms with Gasteiger partial charge < -0.3 is 0 Å². The van der Waals surface area contributed by atoms with Crippen LogP contribution in [0.15, 0.2) is 23.3 Å². The molecule has 60 valence electrons. The molecule has 0 heterocycles. The molecule has 0 bridgehead atoms. The number of hydrogen-bond donors (Lipinski definition) is 0. The minimum atomic E-state index is -0.671. The lowest BCUT2D eigenvalue weighted by Gasteiger charge is -2.20. The Labute approximate surface area is 76.9 Å². The van der Waals surface area contributed by atoms with Gasteiger partial charge in [-0.3, -0.25) is 0 Å². The molecule has 0 nitrogen and oxygen atoms in total. The molecule has 0 aromatic heterocycles. The van der Waals surface area contributed by atoms with Crippen molar-refractivity contribution in [3.05, 3.63) is 23.3 Å². The highest BCUT2D eigenvalue weighted by atomic mass is 35.5. The van der Waals surface area contributed by atoms with Gasteiger partial charge in [0.2, 0.25) is 0 Å². The van der Waals surface area contributed by atoms with E-state index in [2.05, 4.69) is 6.08 Å². The van der Waals surface area contributed by atoms with Gasteiger partial charge in [0.25, 0.3) is 0 Å². The molecule has 0 aromatic carbocycles. The van der Waals surface area contributed by atoms with Crippen molar-refractivity contribution in [2.75, 3.05) is 0 Å². The summed E-state index contributed by atoms with van der Waals surface area (Å²) in [5.74, 6) is 0. The number of halogens is 2. The Morgan fingerprint density at radius 3 is 2.64 bits per heavy atom. The first kappa shape index (κ1) is 7.70. The fourth-order valence-electron chi connectivity index (χ4n) is 1.80. The predicted molar refractivity (Wildman–Crippen MR) is 49.1 cm³/mol. The molecule has 0 aromatic rings. The Morgan fingerprint density at radius 2 is 1.91 bits per heavy atom. The summed E-state index contributed by atoms with van der Waals surface area (Å²) in [4.78, 5) is 0. The summed E-state index contributed by atoms with van der Waals surface area (Å²) in [7, 11) is 0. The third-order valence-corrected chi connectivity index (χ3v) is 3.11. The van der Waals surface area contributed by atoms with Crippen LogP contribution in [0.3, 0.4) is 0 Å². The van der Waals surface area contributed by atoms with E-state index in [-0.39, 0.29) is 0 Å². The molecule has 0 aliphatic heterocycles. The normalized spacial score (nSPS) is 27.5. The van der Waals surface area contributed by atoms with E-state index in [9.17, 15) is 0 Å². The largest absolute Gasteiger partial charge is 0.158 e. The van der Waals surface area contributed by atoms with Gasteiger partial charge in [0.15, 0.2) is 4.33 Å². The first-order valence-corrected chi connectivity index (χ1v) is 4.75. The molecule has 0 N–H and O–H groups in total. The maximum atomic E-state index is 6.06. The van der Waals surface area contributed by atoms with Crippen molar-refractivity contribution in [2.24, 2.45) is 0 Å². The summed E-state index contributed by atoms with van der Waals surface area (Å²) in [5, 5.41) is 0. The number of allylic oxidation sites excluding steroid dienone is 4. The van der Waals surface area contributed by atoms with Crippen LogP contribution >= 0.6 is 23.2 Å². The summed E-state index contributed by atoms with van der Waals surface area (Å²) in [6.45, 7) is 0. The van der Waals surface area contributed by atoms with Crippen LogP contribution in [0.2, 0.25) is 0 Å². The summed E-state index contributed by atoms with van der Waals surface area (Å²) >= 11 is 12.1. The molecule has 0 radical (unpaired) electrons. The smallest absolute Gasteiger partial charge is 0.0919 e. The molecule has 0 spiro atoms. The van der Waals surface area contributed by atoms with Crippen LogP contribution in [-0.2, 0) is 0 Å². The maximum absolute atomic E-state index is 6.06. The van der Waals surface area contributed by atoms with Crippen molar-refractivity contribution in [2.45, 2.75) is 30.0 Å². The van der Waals surface area contributed by atoms with E-state index in [0.29, 0.717) is 0 Å². The molecule has 0 fully saturated rings. The molecule has 2 heteroatoms. The van der Waals surface area contributed by atoms with Crippen molar-refractivity contribution < 1.29 is 0 Å². The van der Waals surface area contributed by atoms with Crippen molar-refractivity contribution in [1.82, 2.24) is 0 Å². The van der Waals surface area contributed by atoms with E-state index in [0.717, 1.165) is 12.8 Å². The summed E-state index contributed by atoms with van der Waals surface area (Å²) in [5.41, 5.74) is 2.62. The van der Waals surface area contributed by atoms with Crippen LogP contribution in [0.25, 0.3) is 0 Å². The predicted octanol–water partition coefficient (Wildman–Crippen LogP) is 3.60. The third-order valence-electron chi connectivity index (χ3n) is 2.41. The van der Waals surface area contributed by atoms with Gasteiger partial charge in [-0.15, -0.1) is 0 Å². The van der Waals surface area contributed by atoms with Crippen LogP contribution in [0.5, 0.6) is 0 Å². The summed E-state index contributed by atoms with van der Waals surface area (Å²) < 4.78 is -0.671. The Morgan fingerprint density at radius 1 is 1.18 bits per heavy atom. The van der Waals surface area contributed by atoms with E-state index in [1.165, 1.54) is 24.0 Å². The van der Waals surface area contributed by atoms with E-state index < -0.39 is 4.33 Å². The Kier molecular flexibility index (Phi) is 1.77. The second-order valence-electron chi connectivity index (χ2n) is 3.17. The molecule has 0 saturated carbocycles. The van der Waals surface area contributed by atoms with Crippen LogP contribution in [0.1, 0.15) is 25.7 Å². The van der Waals surface area contributed by atoms with E-state index in [1.807, 2.05) is 6.08 Å². The van der Waals surface area contributed by atoms with Gasteiger partial charge in [0.05, 0.1) is 0 Å². The van der Waals surface area contributed by atoms with Gasteiger partial charge in [-0.25, -0.2) is 0 Å². The monoisotopic (exact) mass is 188 g/mol. The molecule has 2 rings (SSSR count). The first-order valence-electron chi connectivity index (χ1n) is 4.00. The topological polar surface area (TPSA) is 0 Å². The van der Waals surface area contributed by atoms with Gasteiger partial charge >= 0.3 is 0 Å². The maximum Gasteiger partial charge on any atom is 0.158 e. The van der Waals surface area contributed by atoms with Gasteiger partial charge in [0, 0.05) is 0 Å². The molecule has 2 aliphatic rings. The third kappa shape index (κ3) is 1.23. The molecule has 2 aliphatic carbocycles. The van der Waals surface area contributed by atoms with Gasteiger partial charge in [-0.2, -0.15) is 0 Å². The Hall–Kier alpha value is 0.0600. The van der Waals surface area contributed by atoms with Crippen LogP contribution < -0.4 is 0 Å².